The molecule has 2 N–H and O–H groups in total. The summed E-state index contributed by atoms with van der Waals surface area (Å²) in [5.41, 5.74) is 4.10. The molecule has 2 amide bonds. The van der Waals surface area contributed by atoms with Crippen LogP contribution < -0.4 is 10.9 Å². The van der Waals surface area contributed by atoms with E-state index in [2.05, 4.69) is 10.9 Å². The zero-order valence-electron chi connectivity index (χ0n) is 17.1. The zero-order chi connectivity index (χ0) is 24.2. The maximum atomic E-state index is 13.9. The third-order valence-corrected chi connectivity index (χ3v) is 5.26. The summed E-state index contributed by atoms with van der Waals surface area (Å²) >= 11 is 10.1. The highest BCUT2D eigenvalue weighted by molar-refractivity contribution is 7.80. The minimum Gasteiger partial charge on any atom is -0.277 e. The van der Waals surface area contributed by atoms with E-state index in [0.717, 1.165) is 46.4 Å². The Balaban J connectivity index is 2.01. The van der Waals surface area contributed by atoms with Gasteiger partial charge in [-0.1, -0.05) is 24.4 Å². The number of carbonyl (C=O) groups is 2. The molecule has 2 aromatic carbocycles. The predicted molar refractivity (Wildman–Crippen MR) is 117 cm³/mol. The highest BCUT2D eigenvalue weighted by atomic mass is 32.1. The van der Waals surface area contributed by atoms with E-state index < -0.39 is 41.0 Å². The fourth-order valence-electron chi connectivity index (χ4n) is 2.43. The molecular weight excluding hydrogens is 468 g/mol. The van der Waals surface area contributed by atoms with E-state index >= 15 is 0 Å². The highest BCUT2D eigenvalue weighted by Crippen LogP contribution is 2.14. The lowest BCUT2D eigenvalue weighted by molar-refractivity contribution is -0.137. The number of amides is 2. The van der Waals surface area contributed by atoms with Gasteiger partial charge in [0.1, 0.15) is 39.2 Å². The molecule has 0 saturated heterocycles. The van der Waals surface area contributed by atoms with Gasteiger partial charge < -0.3 is 0 Å². The second-order valence-electron chi connectivity index (χ2n) is 6.65. The molecule has 6 nitrogen and oxygen atoms in total. The number of benzene rings is 2. The molecule has 0 aliphatic heterocycles. The first-order valence-corrected chi connectivity index (χ1v) is 9.81. The number of hydrogen-bond acceptors (Lipinski definition) is 4. The van der Waals surface area contributed by atoms with Crippen LogP contribution >= 0.6 is 24.4 Å². The number of halogens is 4. The van der Waals surface area contributed by atoms with Gasteiger partial charge in [-0.2, -0.15) is 0 Å². The van der Waals surface area contributed by atoms with Gasteiger partial charge in [-0.25, -0.2) is 17.6 Å². The molecule has 0 radical (unpaired) electrons. The Bertz CT molecular complexity index is 1000. The van der Waals surface area contributed by atoms with Crippen LogP contribution in [0.2, 0.25) is 0 Å². The smallest absolute Gasteiger partial charge is 0.250 e. The normalized spacial score (nSPS) is 10.5. The summed E-state index contributed by atoms with van der Waals surface area (Å²) in [5, 5.41) is 1.94. The molecule has 0 atom stereocenters. The zero-order valence-corrected chi connectivity index (χ0v) is 18.7. The quantitative estimate of drug-likeness (QED) is 0.300. The summed E-state index contributed by atoms with van der Waals surface area (Å²) in [5.74, 6) is -5.94. The molecule has 0 bridgehead atoms. The van der Waals surface area contributed by atoms with Crippen molar-refractivity contribution in [2.75, 3.05) is 14.1 Å². The van der Waals surface area contributed by atoms with E-state index in [9.17, 15) is 27.2 Å². The Kier molecular flexibility index (Phi) is 8.22. The summed E-state index contributed by atoms with van der Waals surface area (Å²) < 4.78 is 54.5. The van der Waals surface area contributed by atoms with Crippen molar-refractivity contribution >= 4 is 46.2 Å². The lowest BCUT2D eigenvalue weighted by Crippen LogP contribution is -2.51. The van der Waals surface area contributed by atoms with Crippen LogP contribution in [-0.2, 0) is 9.59 Å². The SMILES string of the molecule is CC(C(=O)NN(C)C(=S)c1cc(F)ccc1F)C(=O)NN(C)C(=S)c1cc(F)ccc1F. The van der Waals surface area contributed by atoms with Crippen LogP contribution in [0.4, 0.5) is 17.6 Å². The van der Waals surface area contributed by atoms with Crippen molar-refractivity contribution in [1.82, 2.24) is 20.9 Å². The summed E-state index contributed by atoms with van der Waals surface area (Å²) in [6.45, 7) is 1.27. The van der Waals surface area contributed by atoms with Crippen LogP contribution in [0.25, 0.3) is 0 Å². The Hall–Kier alpha value is -3.12. The van der Waals surface area contributed by atoms with Crippen molar-refractivity contribution < 1.29 is 27.2 Å². The standard InChI is InChI=1S/C20H18F4N4O2S2/c1-10(17(29)25-27(2)19(31)13-8-11(21)4-6-15(13)23)18(30)26-28(3)20(32)14-9-12(22)5-7-16(14)24/h4-10H,1-3H3,(H,25,29)(H,26,30). The van der Waals surface area contributed by atoms with Crippen LogP contribution in [0.15, 0.2) is 36.4 Å². The van der Waals surface area contributed by atoms with E-state index in [-0.39, 0.29) is 21.1 Å². The lowest BCUT2D eigenvalue weighted by atomic mass is 10.1. The van der Waals surface area contributed by atoms with Crippen molar-refractivity contribution in [3.8, 4) is 0 Å². The van der Waals surface area contributed by atoms with Gasteiger partial charge in [-0.15, -0.1) is 0 Å². The minimum atomic E-state index is -1.29. The number of nitrogens with zero attached hydrogens (tertiary/aromatic N) is 2. The molecule has 2 aromatic rings. The van der Waals surface area contributed by atoms with Crippen LogP contribution in [0.3, 0.4) is 0 Å². The molecule has 0 spiro atoms. The van der Waals surface area contributed by atoms with E-state index in [1.165, 1.54) is 21.0 Å². The Morgan fingerprint density at radius 3 is 1.47 bits per heavy atom. The predicted octanol–water partition coefficient (Wildman–Crippen LogP) is 2.86. The average Bonchev–Trinajstić information content (AvgIpc) is 2.75. The van der Waals surface area contributed by atoms with Crippen molar-refractivity contribution in [3.05, 3.63) is 70.8 Å². The van der Waals surface area contributed by atoms with Gasteiger partial charge in [0.15, 0.2) is 0 Å². The van der Waals surface area contributed by atoms with Crippen LogP contribution in [-0.4, -0.2) is 45.9 Å². The van der Waals surface area contributed by atoms with Crippen LogP contribution in [0.1, 0.15) is 18.1 Å². The molecule has 0 heterocycles. The van der Waals surface area contributed by atoms with Gasteiger partial charge in [0.05, 0.1) is 0 Å². The van der Waals surface area contributed by atoms with E-state index in [1.54, 1.807) is 0 Å². The summed E-state index contributed by atoms with van der Waals surface area (Å²) in [7, 11) is 2.59. The minimum absolute atomic E-state index is 0.220. The van der Waals surface area contributed by atoms with Crippen molar-refractivity contribution in [3.63, 3.8) is 0 Å². The first-order valence-electron chi connectivity index (χ1n) is 8.99. The number of carbonyl (C=O) groups excluding carboxylic acids is 2. The number of thiocarbonyl (C=S) groups is 2. The first kappa shape index (κ1) is 25.1. The van der Waals surface area contributed by atoms with Gasteiger partial charge in [0.2, 0.25) is 0 Å². The van der Waals surface area contributed by atoms with Crippen molar-refractivity contribution in [2.45, 2.75) is 6.92 Å². The monoisotopic (exact) mass is 486 g/mol. The molecule has 0 aromatic heterocycles. The largest absolute Gasteiger partial charge is 0.277 e. The summed E-state index contributed by atoms with van der Waals surface area (Å²) in [4.78, 5) is 24.4. The summed E-state index contributed by atoms with van der Waals surface area (Å²) in [6.07, 6.45) is 0. The third-order valence-electron chi connectivity index (χ3n) is 4.27. The van der Waals surface area contributed by atoms with Gasteiger partial charge in [0.25, 0.3) is 11.8 Å². The van der Waals surface area contributed by atoms with E-state index in [1.807, 2.05) is 0 Å². The van der Waals surface area contributed by atoms with Gasteiger partial charge in [0, 0.05) is 25.2 Å². The van der Waals surface area contributed by atoms with E-state index in [0.29, 0.717) is 0 Å². The number of hydrogen-bond donors (Lipinski definition) is 2. The Labute approximate surface area is 192 Å². The number of nitrogens with one attached hydrogen (secondary N) is 2. The fraction of sp³-hybridized carbons (Fsp3) is 0.200. The molecule has 170 valence electrons. The highest BCUT2D eigenvalue weighted by Gasteiger charge is 2.26. The van der Waals surface area contributed by atoms with Crippen LogP contribution in [0, 0.1) is 29.2 Å². The Morgan fingerprint density at radius 1 is 0.781 bits per heavy atom. The molecule has 0 aliphatic rings. The molecule has 0 saturated carbocycles. The first-order chi connectivity index (χ1) is 14.9. The number of hydrazine groups is 2. The fourth-order valence-corrected chi connectivity index (χ4v) is 2.83. The average molecular weight is 487 g/mol. The molecule has 0 aliphatic carbocycles. The molecule has 0 unspecified atom stereocenters. The Morgan fingerprint density at radius 2 is 1.12 bits per heavy atom. The molecule has 2 rings (SSSR count). The second kappa shape index (κ2) is 10.5. The van der Waals surface area contributed by atoms with Crippen molar-refractivity contribution in [2.24, 2.45) is 5.92 Å². The lowest BCUT2D eigenvalue weighted by Gasteiger charge is -2.25. The molecule has 0 fully saturated rings. The molecule has 32 heavy (non-hydrogen) atoms. The van der Waals surface area contributed by atoms with E-state index in [4.69, 9.17) is 24.4 Å². The third kappa shape index (κ3) is 5.98. The maximum absolute atomic E-state index is 13.9. The summed E-state index contributed by atoms with van der Waals surface area (Å²) in [6, 6.07) is 5.37. The van der Waals surface area contributed by atoms with Crippen molar-refractivity contribution in [1.29, 1.82) is 0 Å². The van der Waals surface area contributed by atoms with Gasteiger partial charge in [-0.3, -0.25) is 30.5 Å². The maximum Gasteiger partial charge on any atom is 0.250 e. The second-order valence-corrected chi connectivity index (χ2v) is 7.42. The molecular formula is C20H18F4N4O2S2. The topological polar surface area (TPSA) is 64.7 Å². The number of rotatable bonds is 4. The van der Waals surface area contributed by atoms with Gasteiger partial charge >= 0.3 is 0 Å². The van der Waals surface area contributed by atoms with Crippen LogP contribution in [0.5, 0.6) is 0 Å². The van der Waals surface area contributed by atoms with Gasteiger partial charge in [-0.05, 0) is 43.3 Å². The molecule has 12 heteroatoms.